The third-order valence-electron chi connectivity index (χ3n) is 2.73. The Balaban J connectivity index is 3.02. The molecule has 0 saturated carbocycles. The number of benzene rings is 1. The van der Waals surface area contributed by atoms with Gasteiger partial charge >= 0.3 is 5.97 Å². The lowest BCUT2D eigenvalue weighted by molar-refractivity contribution is -0.138. The van der Waals surface area contributed by atoms with Gasteiger partial charge in [-0.25, -0.2) is 4.79 Å². The van der Waals surface area contributed by atoms with Crippen LogP contribution in [0.2, 0.25) is 0 Å². The number of rotatable bonds is 7. The van der Waals surface area contributed by atoms with Crippen molar-refractivity contribution in [2.24, 2.45) is 4.99 Å². The van der Waals surface area contributed by atoms with Crippen LogP contribution >= 0.6 is 0 Å². The minimum absolute atomic E-state index is 0.0296. The predicted molar refractivity (Wildman–Crippen MR) is 81.7 cm³/mol. The largest absolute Gasteiger partial charge is 0.511 e. The maximum atomic E-state index is 11.8. The normalized spacial score (nSPS) is 12.3. The smallest absolute Gasteiger partial charge is 0.343 e. The molecule has 5 nitrogen and oxygen atoms in total. The Morgan fingerprint density at radius 2 is 2.14 bits per heavy atom. The highest BCUT2D eigenvalue weighted by molar-refractivity contribution is 6.10. The van der Waals surface area contributed by atoms with Gasteiger partial charge in [-0.3, -0.25) is 4.99 Å². The second-order valence-corrected chi connectivity index (χ2v) is 4.42. The van der Waals surface area contributed by atoms with Crippen molar-refractivity contribution >= 4 is 17.9 Å². The Morgan fingerprint density at radius 3 is 2.76 bits per heavy atom. The minimum Gasteiger partial charge on any atom is -0.511 e. The molecule has 1 aromatic carbocycles. The summed E-state index contributed by atoms with van der Waals surface area (Å²) >= 11 is 0. The Bertz CT molecular complexity index is 535. The predicted octanol–water partition coefficient (Wildman–Crippen LogP) is 3.06. The fourth-order valence-corrected chi connectivity index (χ4v) is 1.70. The average molecular weight is 291 g/mol. The zero-order chi connectivity index (χ0) is 15.7. The lowest BCUT2D eigenvalue weighted by Gasteiger charge is -2.05. The lowest BCUT2D eigenvalue weighted by Crippen LogP contribution is -2.11. The summed E-state index contributed by atoms with van der Waals surface area (Å²) in [7, 11) is 0. The van der Waals surface area contributed by atoms with E-state index < -0.39 is 5.97 Å². The number of nitrogens with zero attached hydrogens (tertiary/aromatic N) is 1. The van der Waals surface area contributed by atoms with Crippen LogP contribution in [0.5, 0.6) is 0 Å². The summed E-state index contributed by atoms with van der Waals surface area (Å²) in [6, 6.07) is 6.99. The van der Waals surface area contributed by atoms with Gasteiger partial charge in [0, 0.05) is 12.6 Å². The molecule has 0 saturated heterocycles. The summed E-state index contributed by atoms with van der Waals surface area (Å²) in [6.07, 6.45) is 2.40. The second-order valence-electron chi connectivity index (χ2n) is 4.42. The van der Waals surface area contributed by atoms with Gasteiger partial charge in [0.25, 0.3) is 0 Å². The number of hydrogen-bond donors (Lipinski definition) is 2. The molecule has 0 bridgehead atoms. The van der Waals surface area contributed by atoms with Crippen molar-refractivity contribution < 1.29 is 19.7 Å². The topological polar surface area (TPSA) is 79.1 Å². The zero-order valence-corrected chi connectivity index (χ0v) is 12.4. The number of aliphatic hydroxyl groups excluding tert-OH is 2. The van der Waals surface area contributed by atoms with Gasteiger partial charge < -0.3 is 14.9 Å². The van der Waals surface area contributed by atoms with Crippen molar-refractivity contribution in [2.45, 2.75) is 33.3 Å². The van der Waals surface area contributed by atoms with E-state index in [1.54, 1.807) is 31.2 Å². The highest BCUT2D eigenvalue weighted by Gasteiger charge is 2.14. The van der Waals surface area contributed by atoms with E-state index in [-0.39, 0.29) is 24.5 Å². The SMILES string of the molecule is CCC/C(O)=C(/C=Nc1cccc(CO)c1)C(=O)OCC. The molecule has 0 amide bonds. The third kappa shape index (κ3) is 5.39. The van der Waals surface area contributed by atoms with Crippen LogP contribution < -0.4 is 0 Å². The van der Waals surface area contributed by atoms with Gasteiger partial charge in [0.05, 0.1) is 18.9 Å². The molecule has 0 aliphatic rings. The first-order chi connectivity index (χ1) is 10.1. The lowest BCUT2D eigenvalue weighted by atomic mass is 10.1. The molecule has 0 unspecified atom stereocenters. The summed E-state index contributed by atoms with van der Waals surface area (Å²) in [5, 5.41) is 19.0. The molecule has 0 atom stereocenters. The number of carbonyl (C=O) groups is 1. The van der Waals surface area contributed by atoms with Gasteiger partial charge in [-0.2, -0.15) is 0 Å². The molecule has 0 heterocycles. The molecular formula is C16H21NO4. The maximum absolute atomic E-state index is 11.8. The quantitative estimate of drug-likeness (QED) is 0.350. The van der Waals surface area contributed by atoms with Crippen LogP contribution in [0.15, 0.2) is 40.6 Å². The molecule has 2 N–H and O–H groups in total. The molecule has 0 radical (unpaired) electrons. The number of ether oxygens (including phenoxy) is 1. The zero-order valence-electron chi connectivity index (χ0n) is 12.4. The molecule has 0 aliphatic carbocycles. The summed E-state index contributed by atoms with van der Waals surface area (Å²) in [4.78, 5) is 16.0. The summed E-state index contributed by atoms with van der Waals surface area (Å²) in [5.41, 5.74) is 1.38. The minimum atomic E-state index is -0.592. The summed E-state index contributed by atoms with van der Waals surface area (Å²) in [5.74, 6) is -0.622. The van der Waals surface area contributed by atoms with Crippen LogP contribution in [0.4, 0.5) is 5.69 Å². The van der Waals surface area contributed by atoms with Crippen LogP contribution in [0.1, 0.15) is 32.3 Å². The highest BCUT2D eigenvalue weighted by Crippen LogP contribution is 2.16. The number of carbonyl (C=O) groups excluding carboxylic acids is 1. The molecule has 114 valence electrons. The van der Waals surface area contributed by atoms with Crippen molar-refractivity contribution in [1.82, 2.24) is 0 Å². The van der Waals surface area contributed by atoms with Crippen LogP contribution in [-0.2, 0) is 16.1 Å². The molecule has 1 aromatic rings. The standard InChI is InChI=1S/C16H21NO4/c1-3-6-15(19)14(16(20)21-4-2)10-17-13-8-5-7-12(9-13)11-18/h5,7-10,18-19H,3-4,6,11H2,1-2H3/b15-14+,17-10?. The van der Waals surface area contributed by atoms with Crippen LogP contribution in [0.25, 0.3) is 0 Å². The van der Waals surface area contributed by atoms with E-state index in [2.05, 4.69) is 4.99 Å². The number of aliphatic hydroxyl groups is 2. The van der Waals surface area contributed by atoms with E-state index >= 15 is 0 Å². The van der Waals surface area contributed by atoms with Gasteiger partial charge in [0.2, 0.25) is 0 Å². The molecule has 0 aliphatic heterocycles. The van der Waals surface area contributed by atoms with Crippen LogP contribution in [-0.4, -0.2) is 29.0 Å². The number of hydrogen-bond acceptors (Lipinski definition) is 5. The first kappa shape index (κ1) is 16.9. The van der Waals surface area contributed by atoms with Gasteiger partial charge in [-0.15, -0.1) is 0 Å². The monoisotopic (exact) mass is 291 g/mol. The fraction of sp³-hybridized carbons (Fsp3) is 0.375. The van der Waals surface area contributed by atoms with Crippen molar-refractivity contribution in [1.29, 1.82) is 0 Å². The number of esters is 1. The summed E-state index contributed by atoms with van der Waals surface area (Å²) in [6.45, 7) is 3.76. The van der Waals surface area contributed by atoms with E-state index in [1.807, 2.05) is 6.92 Å². The highest BCUT2D eigenvalue weighted by atomic mass is 16.5. The van der Waals surface area contributed by atoms with Crippen LogP contribution in [0, 0.1) is 0 Å². The Morgan fingerprint density at radius 1 is 1.38 bits per heavy atom. The van der Waals surface area contributed by atoms with Gasteiger partial charge in [0.1, 0.15) is 11.3 Å². The van der Waals surface area contributed by atoms with Gasteiger partial charge in [-0.05, 0) is 31.0 Å². The summed E-state index contributed by atoms with van der Waals surface area (Å²) < 4.78 is 4.92. The van der Waals surface area contributed by atoms with Gasteiger partial charge in [-0.1, -0.05) is 19.1 Å². The second kappa shape index (κ2) is 8.92. The molecule has 21 heavy (non-hydrogen) atoms. The van der Waals surface area contributed by atoms with Crippen molar-refractivity contribution in [2.75, 3.05) is 6.61 Å². The van der Waals surface area contributed by atoms with E-state index in [4.69, 9.17) is 9.84 Å². The third-order valence-corrected chi connectivity index (χ3v) is 2.73. The first-order valence-corrected chi connectivity index (χ1v) is 6.95. The van der Waals surface area contributed by atoms with E-state index in [0.29, 0.717) is 18.5 Å². The van der Waals surface area contributed by atoms with Crippen molar-refractivity contribution in [3.8, 4) is 0 Å². The molecule has 5 heteroatoms. The molecule has 0 fully saturated rings. The van der Waals surface area contributed by atoms with E-state index in [9.17, 15) is 9.90 Å². The van der Waals surface area contributed by atoms with Crippen LogP contribution in [0.3, 0.4) is 0 Å². The van der Waals surface area contributed by atoms with E-state index in [1.165, 1.54) is 6.21 Å². The van der Waals surface area contributed by atoms with Gasteiger partial charge in [0.15, 0.2) is 0 Å². The Kier molecular flexibility index (Phi) is 7.18. The average Bonchev–Trinajstić information content (AvgIpc) is 2.48. The van der Waals surface area contributed by atoms with Crippen molar-refractivity contribution in [3.63, 3.8) is 0 Å². The van der Waals surface area contributed by atoms with Crippen molar-refractivity contribution in [3.05, 3.63) is 41.2 Å². The Hall–Kier alpha value is -2.14. The molecular weight excluding hydrogens is 270 g/mol. The molecule has 1 rings (SSSR count). The fourth-order valence-electron chi connectivity index (χ4n) is 1.70. The number of allylic oxidation sites excluding steroid dienone is 1. The Labute approximate surface area is 124 Å². The first-order valence-electron chi connectivity index (χ1n) is 6.95. The molecule has 0 aromatic heterocycles. The maximum Gasteiger partial charge on any atom is 0.343 e. The van der Waals surface area contributed by atoms with E-state index in [0.717, 1.165) is 5.56 Å². The number of aliphatic imine (C=N–C) groups is 1. The molecule has 0 spiro atoms.